The summed E-state index contributed by atoms with van der Waals surface area (Å²) in [6, 6.07) is -0.411. The predicted octanol–water partition coefficient (Wildman–Crippen LogP) is 0.616. The number of hydrogen-bond donors (Lipinski definition) is 3. The molecule has 4 N–H and O–H groups in total. The molecule has 2 atom stereocenters. The summed E-state index contributed by atoms with van der Waals surface area (Å²) in [4.78, 5) is 3.90. The molecular formula is C10H17N3O3S2. The Bertz CT molecular complexity index is 526. The van der Waals surface area contributed by atoms with Crippen LogP contribution in [0.2, 0.25) is 0 Å². The molecule has 18 heavy (non-hydrogen) atoms. The van der Waals surface area contributed by atoms with Gasteiger partial charge in [0, 0.05) is 6.04 Å². The Morgan fingerprint density at radius 2 is 2.11 bits per heavy atom. The topological polar surface area (TPSA) is 105 Å². The van der Waals surface area contributed by atoms with Crippen molar-refractivity contribution in [1.82, 2.24) is 9.71 Å². The number of nitrogen functional groups attached to an aromatic ring is 1. The summed E-state index contributed by atoms with van der Waals surface area (Å²) < 4.78 is 27.0. The van der Waals surface area contributed by atoms with Crippen molar-refractivity contribution >= 4 is 26.5 Å². The molecule has 0 radical (unpaired) electrons. The fourth-order valence-electron chi connectivity index (χ4n) is 2.15. The minimum Gasteiger partial charge on any atom is -0.391 e. The van der Waals surface area contributed by atoms with Crippen LogP contribution in [0.1, 0.15) is 31.4 Å². The molecule has 1 aliphatic carbocycles. The van der Waals surface area contributed by atoms with Crippen molar-refractivity contribution in [3.05, 3.63) is 5.69 Å². The van der Waals surface area contributed by atoms with Gasteiger partial charge in [-0.05, 0) is 19.8 Å². The van der Waals surface area contributed by atoms with Crippen molar-refractivity contribution in [2.45, 2.75) is 49.0 Å². The molecule has 1 aromatic heterocycles. The normalized spacial score (nSPS) is 25.2. The largest absolute Gasteiger partial charge is 0.391 e. The second kappa shape index (κ2) is 5.12. The van der Waals surface area contributed by atoms with Gasteiger partial charge in [-0.2, -0.15) is 0 Å². The summed E-state index contributed by atoms with van der Waals surface area (Å²) >= 11 is 0.946. The number of aryl methyl sites for hydroxylation is 1. The number of rotatable bonds is 3. The zero-order valence-corrected chi connectivity index (χ0v) is 11.7. The Morgan fingerprint density at radius 3 is 2.67 bits per heavy atom. The van der Waals surface area contributed by atoms with Crippen molar-refractivity contribution in [2.75, 3.05) is 5.73 Å². The summed E-state index contributed by atoms with van der Waals surface area (Å²) in [6.45, 7) is 1.61. The van der Waals surface area contributed by atoms with Crippen molar-refractivity contribution in [1.29, 1.82) is 0 Å². The Hall–Kier alpha value is -0.700. The van der Waals surface area contributed by atoms with E-state index >= 15 is 0 Å². The molecule has 1 aliphatic rings. The standard InChI is InChI=1S/C10H17N3O3S2/c1-6-9(17-10(11)12-6)18(15,16)13-7-4-2-3-5-8(7)14/h7-8,13-14H,2-5H2,1H3,(H2,11,12). The molecule has 0 amide bonds. The highest BCUT2D eigenvalue weighted by Gasteiger charge is 2.30. The maximum Gasteiger partial charge on any atom is 0.252 e. The molecule has 8 heteroatoms. The highest BCUT2D eigenvalue weighted by molar-refractivity contribution is 7.91. The number of nitrogens with zero attached hydrogens (tertiary/aromatic N) is 1. The van der Waals surface area contributed by atoms with Gasteiger partial charge in [0.2, 0.25) is 0 Å². The summed E-state index contributed by atoms with van der Waals surface area (Å²) in [5, 5.41) is 10.0. The van der Waals surface area contributed by atoms with Gasteiger partial charge in [0.15, 0.2) is 9.34 Å². The van der Waals surface area contributed by atoms with E-state index in [0.717, 1.165) is 24.2 Å². The first-order valence-electron chi connectivity index (χ1n) is 5.83. The second-order valence-electron chi connectivity index (χ2n) is 4.50. The molecule has 1 aromatic rings. The summed E-state index contributed by atoms with van der Waals surface area (Å²) in [5.41, 5.74) is 5.90. The third kappa shape index (κ3) is 2.82. The van der Waals surface area contributed by atoms with Crippen LogP contribution in [0.3, 0.4) is 0 Å². The lowest BCUT2D eigenvalue weighted by atomic mass is 9.93. The Balaban J connectivity index is 2.19. The Morgan fingerprint density at radius 1 is 1.44 bits per heavy atom. The van der Waals surface area contributed by atoms with Crippen LogP contribution in [0, 0.1) is 6.92 Å². The van der Waals surface area contributed by atoms with Gasteiger partial charge < -0.3 is 10.8 Å². The van der Waals surface area contributed by atoms with E-state index in [1.54, 1.807) is 6.92 Å². The van der Waals surface area contributed by atoms with Gasteiger partial charge in [-0.3, -0.25) is 0 Å². The number of thiazole rings is 1. The van der Waals surface area contributed by atoms with Crippen LogP contribution in [0.5, 0.6) is 0 Å². The van der Waals surface area contributed by atoms with Crippen molar-refractivity contribution in [3.8, 4) is 0 Å². The van der Waals surface area contributed by atoms with Crippen LogP contribution in [-0.2, 0) is 10.0 Å². The SMILES string of the molecule is Cc1nc(N)sc1S(=O)(=O)NC1CCCCC1O. The van der Waals surface area contributed by atoms with E-state index in [1.807, 2.05) is 0 Å². The lowest BCUT2D eigenvalue weighted by Crippen LogP contribution is -2.44. The van der Waals surface area contributed by atoms with Crippen LogP contribution < -0.4 is 10.5 Å². The van der Waals surface area contributed by atoms with Crippen molar-refractivity contribution in [2.24, 2.45) is 0 Å². The van der Waals surface area contributed by atoms with Crippen molar-refractivity contribution < 1.29 is 13.5 Å². The molecule has 1 heterocycles. The van der Waals surface area contributed by atoms with E-state index in [2.05, 4.69) is 9.71 Å². The second-order valence-corrected chi connectivity index (χ2v) is 7.44. The molecule has 1 saturated carbocycles. The molecular weight excluding hydrogens is 274 g/mol. The van der Waals surface area contributed by atoms with Crippen LogP contribution in [0.25, 0.3) is 0 Å². The van der Waals surface area contributed by atoms with Gasteiger partial charge in [0.25, 0.3) is 10.0 Å². The average molecular weight is 291 g/mol. The van der Waals surface area contributed by atoms with E-state index in [4.69, 9.17) is 5.73 Å². The van der Waals surface area contributed by atoms with E-state index in [9.17, 15) is 13.5 Å². The van der Waals surface area contributed by atoms with Gasteiger partial charge in [0.1, 0.15) is 0 Å². The molecule has 2 unspecified atom stereocenters. The van der Waals surface area contributed by atoms with Gasteiger partial charge >= 0.3 is 0 Å². The number of hydrogen-bond acceptors (Lipinski definition) is 6. The quantitative estimate of drug-likeness (QED) is 0.757. The van der Waals surface area contributed by atoms with Gasteiger partial charge in [-0.1, -0.05) is 24.2 Å². The summed E-state index contributed by atoms with van der Waals surface area (Å²) in [5.74, 6) is 0. The van der Waals surface area contributed by atoms with Crippen LogP contribution in [0.4, 0.5) is 5.13 Å². The first-order chi connectivity index (χ1) is 8.40. The number of anilines is 1. The minimum atomic E-state index is -3.64. The number of nitrogens with one attached hydrogen (secondary N) is 1. The van der Waals surface area contributed by atoms with Gasteiger partial charge in [-0.15, -0.1) is 0 Å². The highest BCUT2D eigenvalue weighted by Crippen LogP contribution is 2.26. The number of nitrogens with two attached hydrogens (primary N) is 1. The van der Waals surface area contributed by atoms with Crippen LogP contribution in [0.15, 0.2) is 4.21 Å². The zero-order chi connectivity index (χ0) is 13.3. The smallest absolute Gasteiger partial charge is 0.252 e. The fraction of sp³-hybridized carbons (Fsp3) is 0.700. The first-order valence-corrected chi connectivity index (χ1v) is 8.13. The number of sulfonamides is 1. The minimum absolute atomic E-state index is 0.137. The Labute approximate surface area is 110 Å². The molecule has 0 aliphatic heterocycles. The molecule has 0 saturated heterocycles. The van der Waals surface area contributed by atoms with E-state index in [-0.39, 0.29) is 9.34 Å². The third-order valence-corrected chi connectivity index (χ3v) is 6.14. The van der Waals surface area contributed by atoms with E-state index < -0.39 is 22.2 Å². The van der Waals surface area contributed by atoms with Gasteiger partial charge in [-0.25, -0.2) is 18.1 Å². The lowest BCUT2D eigenvalue weighted by Gasteiger charge is -2.27. The molecule has 102 valence electrons. The molecule has 0 bridgehead atoms. The maximum atomic E-state index is 12.2. The van der Waals surface area contributed by atoms with Gasteiger partial charge in [0.05, 0.1) is 11.8 Å². The monoisotopic (exact) mass is 291 g/mol. The highest BCUT2D eigenvalue weighted by atomic mass is 32.2. The maximum absolute atomic E-state index is 12.2. The molecule has 0 aromatic carbocycles. The summed E-state index contributed by atoms with van der Waals surface area (Å²) in [7, 11) is -3.64. The molecule has 6 nitrogen and oxygen atoms in total. The van der Waals surface area contributed by atoms with E-state index in [0.29, 0.717) is 18.5 Å². The van der Waals surface area contributed by atoms with E-state index in [1.165, 1.54) is 0 Å². The lowest BCUT2D eigenvalue weighted by molar-refractivity contribution is 0.101. The number of aliphatic hydroxyl groups is 1. The number of aromatic nitrogens is 1. The Kier molecular flexibility index (Phi) is 3.90. The van der Waals surface area contributed by atoms with Crippen LogP contribution >= 0.6 is 11.3 Å². The van der Waals surface area contributed by atoms with Crippen LogP contribution in [-0.4, -0.2) is 30.7 Å². The molecule has 2 rings (SSSR count). The number of aliphatic hydroxyl groups excluding tert-OH is 1. The average Bonchev–Trinajstić information content (AvgIpc) is 2.62. The third-order valence-electron chi connectivity index (χ3n) is 3.05. The first kappa shape index (κ1) is 13.7. The summed E-state index contributed by atoms with van der Waals surface area (Å²) in [6.07, 6.45) is 2.55. The zero-order valence-electron chi connectivity index (χ0n) is 10.1. The van der Waals surface area contributed by atoms with Crippen molar-refractivity contribution in [3.63, 3.8) is 0 Å². The predicted molar refractivity (Wildman–Crippen MR) is 69.8 cm³/mol. The molecule has 0 spiro atoms. The fourth-order valence-corrected chi connectivity index (χ4v) is 4.77. The molecule has 1 fully saturated rings.